The Kier molecular flexibility index (Phi) is 8.68. The first-order chi connectivity index (χ1) is 18.4. The van der Waals surface area contributed by atoms with Crippen molar-refractivity contribution in [2.24, 2.45) is 5.73 Å². The summed E-state index contributed by atoms with van der Waals surface area (Å²) in [6.45, 7) is 2.46. The van der Waals surface area contributed by atoms with E-state index in [-0.39, 0.29) is 24.5 Å². The number of benzene rings is 2. The highest BCUT2D eigenvalue weighted by atomic mass is 16.5. The molecule has 4 rings (SSSR count). The third kappa shape index (κ3) is 5.83. The second kappa shape index (κ2) is 12.1. The first kappa shape index (κ1) is 27.2. The van der Waals surface area contributed by atoms with E-state index in [2.05, 4.69) is 0 Å². The van der Waals surface area contributed by atoms with Crippen molar-refractivity contribution >= 4 is 28.8 Å². The van der Waals surface area contributed by atoms with Gasteiger partial charge >= 0.3 is 17.9 Å². The molecule has 0 radical (unpaired) electrons. The summed E-state index contributed by atoms with van der Waals surface area (Å²) in [7, 11) is 2.82. The minimum absolute atomic E-state index is 0.0494. The molecule has 1 atom stereocenters. The normalized spacial score (nSPS) is 14.3. The lowest BCUT2D eigenvalue weighted by Gasteiger charge is -2.17. The third-order valence-electron chi connectivity index (χ3n) is 6.91. The van der Waals surface area contributed by atoms with Crippen LogP contribution in [-0.2, 0) is 25.5 Å². The van der Waals surface area contributed by atoms with Gasteiger partial charge in [0.15, 0.2) is 0 Å². The Morgan fingerprint density at radius 1 is 1.00 bits per heavy atom. The predicted octanol–water partition coefficient (Wildman–Crippen LogP) is 4.54. The van der Waals surface area contributed by atoms with Crippen LogP contribution in [0.4, 0.5) is 0 Å². The maximum Gasteiger partial charge on any atom is 0.338 e. The van der Waals surface area contributed by atoms with Crippen LogP contribution in [0.25, 0.3) is 10.9 Å². The fourth-order valence-corrected chi connectivity index (χ4v) is 4.94. The van der Waals surface area contributed by atoms with Crippen molar-refractivity contribution in [2.75, 3.05) is 20.8 Å². The van der Waals surface area contributed by atoms with Gasteiger partial charge in [-0.25, -0.2) is 9.59 Å². The van der Waals surface area contributed by atoms with Gasteiger partial charge < -0.3 is 29.2 Å². The Labute approximate surface area is 221 Å². The summed E-state index contributed by atoms with van der Waals surface area (Å²) >= 11 is 0. The molecule has 0 aliphatic heterocycles. The summed E-state index contributed by atoms with van der Waals surface area (Å²) in [5.74, 6) is -0.705. The Bertz CT molecular complexity index is 1320. The maximum absolute atomic E-state index is 12.9. The van der Waals surface area contributed by atoms with Gasteiger partial charge in [-0.2, -0.15) is 0 Å². The van der Waals surface area contributed by atoms with Crippen LogP contribution in [0, 0.1) is 0 Å². The van der Waals surface area contributed by atoms with E-state index in [4.69, 9.17) is 24.7 Å². The van der Waals surface area contributed by atoms with Gasteiger partial charge in [0, 0.05) is 29.2 Å². The zero-order valence-electron chi connectivity index (χ0n) is 22.0. The van der Waals surface area contributed by atoms with Gasteiger partial charge in [0.05, 0.1) is 44.4 Å². The molecule has 38 heavy (non-hydrogen) atoms. The van der Waals surface area contributed by atoms with Crippen molar-refractivity contribution in [2.45, 2.75) is 57.7 Å². The minimum Gasteiger partial charge on any atom is -0.496 e. The largest absolute Gasteiger partial charge is 0.496 e. The first-order valence-corrected chi connectivity index (χ1v) is 12.9. The lowest BCUT2D eigenvalue weighted by atomic mass is 9.96. The van der Waals surface area contributed by atoms with Gasteiger partial charge in [0.2, 0.25) is 0 Å². The molecule has 3 aromatic rings. The molecule has 2 N–H and O–H groups in total. The molecule has 0 saturated heterocycles. The van der Waals surface area contributed by atoms with Crippen molar-refractivity contribution in [1.29, 1.82) is 0 Å². The van der Waals surface area contributed by atoms with Gasteiger partial charge in [0.1, 0.15) is 11.9 Å². The van der Waals surface area contributed by atoms with Gasteiger partial charge in [-0.3, -0.25) is 4.79 Å². The number of ether oxygens (including phenoxy) is 4. The molecule has 9 nitrogen and oxygen atoms in total. The van der Waals surface area contributed by atoms with Crippen molar-refractivity contribution in [3.05, 3.63) is 64.8 Å². The number of hydrogen-bond donors (Lipinski definition) is 1. The summed E-state index contributed by atoms with van der Waals surface area (Å²) in [5.41, 5.74) is 9.77. The lowest BCUT2D eigenvalue weighted by molar-refractivity contribution is -0.143. The van der Waals surface area contributed by atoms with Crippen LogP contribution in [0.3, 0.4) is 0 Å². The third-order valence-corrected chi connectivity index (χ3v) is 6.91. The number of aryl methyl sites for hydroxylation is 1. The van der Waals surface area contributed by atoms with Crippen LogP contribution >= 0.6 is 0 Å². The summed E-state index contributed by atoms with van der Waals surface area (Å²) < 4.78 is 23.1. The number of fused-ring (bicyclic) bond motifs is 1. The molecular formula is C29H34N2O7. The summed E-state index contributed by atoms with van der Waals surface area (Å²) in [4.78, 5) is 37.0. The molecule has 1 unspecified atom stereocenters. The van der Waals surface area contributed by atoms with Gasteiger partial charge in [0.25, 0.3) is 0 Å². The molecule has 1 aromatic heterocycles. The molecule has 202 valence electrons. The van der Waals surface area contributed by atoms with Gasteiger partial charge in [-0.1, -0.05) is 6.07 Å². The highest BCUT2D eigenvalue weighted by Crippen LogP contribution is 2.35. The molecule has 0 spiro atoms. The predicted molar refractivity (Wildman–Crippen MR) is 141 cm³/mol. The van der Waals surface area contributed by atoms with Crippen LogP contribution in [0.15, 0.2) is 42.6 Å². The number of carbonyl (C=O) groups excluding carboxylic acids is 3. The fraction of sp³-hybridized carbons (Fsp3) is 0.414. The van der Waals surface area contributed by atoms with E-state index >= 15 is 0 Å². The number of nitrogens with zero attached hydrogens (tertiary/aromatic N) is 1. The SMILES string of the molecule is CCOC(=O)CCn1cc(C(N)c2ccc(C(=O)OC)cc2OC)c2cc(C(=O)OC3CCCC3)ccc21. The first-order valence-electron chi connectivity index (χ1n) is 12.9. The Morgan fingerprint density at radius 3 is 2.39 bits per heavy atom. The number of esters is 3. The van der Waals surface area contributed by atoms with Crippen molar-refractivity contribution in [1.82, 2.24) is 4.57 Å². The molecular weight excluding hydrogens is 488 g/mol. The summed E-state index contributed by atoms with van der Waals surface area (Å²) in [5, 5.41) is 0.765. The zero-order chi connectivity index (χ0) is 27.2. The van der Waals surface area contributed by atoms with Crippen LogP contribution in [0.2, 0.25) is 0 Å². The van der Waals surface area contributed by atoms with E-state index < -0.39 is 12.0 Å². The number of hydrogen-bond acceptors (Lipinski definition) is 8. The van der Waals surface area contributed by atoms with E-state index in [1.807, 2.05) is 16.8 Å². The summed E-state index contributed by atoms with van der Waals surface area (Å²) in [6.07, 6.45) is 5.92. The van der Waals surface area contributed by atoms with Crippen LogP contribution in [0.5, 0.6) is 5.75 Å². The number of methoxy groups -OCH3 is 2. The van der Waals surface area contributed by atoms with Crippen LogP contribution in [-0.4, -0.2) is 49.4 Å². The second-order valence-corrected chi connectivity index (χ2v) is 9.30. The van der Waals surface area contributed by atoms with Gasteiger partial charge in [-0.05, 0) is 68.5 Å². The molecule has 1 aliphatic carbocycles. The summed E-state index contributed by atoms with van der Waals surface area (Å²) in [6, 6.07) is 9.68. The Morgan fingerprint density at radius 2 is 1.71 bits per heavy atom. The van der Waals surface area contributed by atoms with Crippen molar-refractivity contribution in [3.8, 4) is 5.75 Å². The topological polar surface area (TPSA) is 119 Å². The van der Waals surface area contributed by atoms with E-state index in [0.29, 0.717) is 35.6 Å². The van der Waals surface area contributed by atoms with Gasteiger partial charge in [-0.15, -0.1) is 0 Å². The molecule has 1 fully saturated rings. The van der Waals surface area contributed by atoms with E-state index in [9.17, 15) is 14.4 Å². The second-order valence-electron chi connectivity index (χ2n) is 9.30. The van der Waals surface area contributed by atoms with Crippen LogP contribution < -0.4 is 10.5 Å². The molecule has 0 bridgehead atoms. The van der Waals surface area contributed by atoms with Crippen molar-refractivity contribution in [3.63, 3.8) is 0 Å². The molecule has 9 heteroatoms. The average Bonchev–Trinajstić information content (AvgIpc) is 3.58. The number of carbonyl (C=O) groups is 3. The zero-order valence-corrected chi connectivity index (χ0v) is 22.0. The fourth-order valence-electron chi connectivity index (χ4n) is 4.94. The number of aromatic nitrogens is 1. The lowest BCUT2D eigenvalue weighted by Crippen LogP contribution is -2.15. The smallest absolute Gasteiger partial charge is 0.338 e. The Balaban J connectivity index is 1.73. The standard InChI is InChI=1S/C29H34N2O7/c1-4-37-26(32)13-14-31-17-23(27(30)21-11-9-19(28(33)36-3)16-25(21)35-2)22-15-18(10-12-24(22)31)29(34)38-20-7-5-6-8-20/h9-12,15-17,20,27H,4-8,13-14,30H2,1-3H3. The highest BCUT2D eigenvalue weighted by molar-refractivity contribution is 5.96. The maximum atomic E-state index is 12.9. The minimum atomic E-state index is -0.649. The quantitative estimate of drug-likeness (QED) is 0.305. The number of nitrogens with two attached hydrogens (primary N) is 1. The van der Waals surface area contributed by atoms with E-state index in [1.54, 1.807) is 37.3 Å². The highest BCUT2D eigenvalue weighted by Gasteiger charge is 2.24. The average molecular weight is 523 g/mol. The molecule has 1 saturated carbocycles. The monoisotopic (exact) mass is 522 g/mol. The molecule has 1 heterocycles. The number of rotatable bonds is 10. The van der Waals surface area contributed by atoms with Crippen molar-refractivity contribution < 1.29 is 33.3 Å². The van der Waals surface area contributed by atoms with Crippen LogP contribution in [0.1, 0.15) is 76.9 Å². The molecule has 0 amide bonds. The van der Waals surface area contributed by atoms with E-state index in [0.717, 1.165) is 42.1 Å². The Hall–Kier alpha value is -3.85. The molecule has 1 aliphatic rings. The molecule has 2 aromatic carbocycles. The van der Waals surface area contributed by atoms with E-state index in [1.165, 1.54) is 14.2 Å².